The Morgan fingerprint density at radius 2 is 1.94 bits per heavy atom. The first-order chi connectivity index (χ1) is 8.05. The molecule has 106 valence electrons. The van der Waals surface area contributed by atoms with Gasteiger partial charge in [0, 0.05) is 13.0 Å². The molecule has 0 amide bonds. The maximum atomic E-state index is 11.5. The number of carboxylic acids is 1. The summed E-state index contributed by atoms with van der Waals surface area (Å²) in [6.07, 6.45) is 1.47. The van der Waals surface area contributed by atoms with Crippen LogP contribution in [-0.2, 0) is 9.53 Å². The Kier molecular flexibility index (Phi) is 4.30. The maximum Gasteiger partial charge on any atom is 0.336 e. The summed E-state index contributed by atoms with van der Waals surface area (Å²) in [6, 6.07) is 0. The Balaban J connectivity index is 3.07. The normalized spacial score (nSPS) is 28.4. The van der Waals surface area contributed by atoms with Gasteiger partial charge in [-0.3, -0.25) is 0 Å². The highest BCUT2D eigenvalue weighted by Gasteiger charge is 2.54. The molecular weight excluding hydrogens is 248 g/mol. The number of aliphatic carboxylic acids is 1. The minimum atomic E-state index is -1.45. The molecule has 1 fully saturated rings. The predicted octanol–water partition coefficient (Wildman–Crippen LogP) is 1.81. The number of hydrogen-bond donors (Lipinski definition) is 2. The van der Waals surface area contributed by atoms with Crippen LogP contribution < -0.4 is 0 Å². The molecule has 0 aliphatic carbocycles. The third-order valence-electron chi connectivity index (χ3n) is 4.30. The first-order valence-corrected chi connectivity index (χ1v) is 9.53. The molecule has 0 aromatic heterocycles. The van der Waals surface area contributed by atoms with Gasteiger partial charge < -0.3 is 14.9 Å². The first-order valence-electron chi connectivity index (χ1n) is 6.65. The number of carbonyl (C=O) groups is 1. The molecule has 2 unspecified atom stereocenters. The van der Waals surface area contributed by atoms with Crippen molar-refractivity contribution < 1.29 is 19.7 Å². The maximum absolute atomic E-state index is 11.5. The fourth-order valence-electron chi connectivity index (χ4n) is 2.85. The van der Waals surface area contributed by atoms with Gasteiger partial charge in [-0.1, -0.05) is 33.9 Å². The lowest BCUT2D eigenvalue weighted by atomic mass is 9.80. The van der Waals surface area contributed by atoms with Gasteiger partial charge in [0.15, 0.2) is 5.60 Å². The van der Waals surface area contributed by atoms with E-state index in [4.69, 9.17) is 4.74 Å². The number of carboxylic acid groups (broad SMARTS) is 1. The Hall–Kier alpha value is -0.393. The number of ether oxygens (including phenoxy) is 1. The third-order valence-corrected chi connectivity index (χ3v) is 7.28. The van der Waals surface area contributed by atoms with Crippen molar-refractivity contribution in [3.8, 4) is 0 Å². The van der Waals surface area contributed by atoms with Crippen LogP contribution in [0.15, 0.2) is 0 Å². The average Bonchev–Trinajstić information content (AvgIpc) is 2.65. The van der Waals surface area contributed by atoms with Gasteiger partial charge >= 0.3 is 5.97 Å². The van der Waals surface area contributed by atoms with E-state index in [9.17, 15) is 15.0 Å². The second-order valence-electron chi connectivity index (χ2n) is 6.76. The Morgan fingerprint density at radius 3 is 2.22 bits per heavy atom. The molecular formula is C13H26O4Si. The predicted molar refractivity (Wildman–Crippen MR) is 73.5 cm³/mol. The van der Waals surface area contributed by atoms with Crippen molar-refractivity contribution in [2.75, 3.05) is 6.61 Å². The van der Waals surface area contributed by atoms with Gasteiger partial charge in [0.1, 0.15) is 0 Å². The highest BCUT2D eigenvalue weighted by molar-refractivity contribution is 6.59. The van der Waals surface area contributed by atoms with Gasteiger partial charge in [-0.15, -0.1) is 0 Å². The van der Waals surface area contributed by atoms with E-state index in [-0.39, 0.29) is 11.8 Å². The lowest BCUT2D eigenvalue weighted by Gasteiger charge is -2.46. The van der Waals surface area contributed by atoms with E-state index >= 15 is 0 Å². The molecule has 2 N–H and O–H groups in total. The largest absolute Gasteiger partial charge is 0.479 e. The van der Waals surface area contributed by atoms with E-state index in [1.165, 1.54) is 0 Å². The van der Waals surface area contributed by atoms with Crippen molar-refractivity contribution >= 4 is 14.8 Å². The summed E-state index contributed by atoms with van der Waals surface area (Å²) in [7, 11) is -1.45. The molecule has 1 saturated heterocycles. The molecule has 0 aromatic rings. The topological polar surface area (TPSA) is 66.8 Å². The van der Waals surface area contributed by atoms with E-state index in [1.54, 1.807) is 0 Å². The van der Waals surface area contributed by atoms with E-state index in [2.05, 4.69) is 13.1 Å². The molecule has 0 saturated carbocycles. The first kappa shape index (κ1) is 15.7. The van der Waals surface area contributed by atoms with Crippen LogP contribution >= 0.6 is 0 Å². The summed E-state index contributed by atoms with van der Waals surface area (Å²) in [6.45, 7) is 10.5. The van der Waals surface area contributed by atoms with Gasteiger partial charge in [0.05, 0.1) is 14.0 Å². The lowest BCUT2D eigenvalue weighted by molar-refractivity contribution is -0.168. The molecule has 4 nitrogen and oxygen atoms in total. The average molecular weight is 274 g/mol. The van der Waals surface area contributed by atoms with Gasteiger partial charge in [-0.25, -0.2) is 4.79 Å². The molecule has 18 heavy (non-hydrogen) atoms. The van der Waals surface area contributed by atoms with E-state index in [0.717, 1.165) is 6.42 Å². The van der Waals surface area contributed by atoms with E-state index in [1.807, 2.05) is 20.8 Å². The Morgan fingerprint density at radius 1 is 1.39 bits per heavy atom. The van der Waals surface area contributed by atoms with Crippen molar-refractivity contribution in [3.05, 3.63) is 0 Å². The number of aliphatic hydroxyl groups is 1. The van der Waals surface area contributed by atoms with Crippen LogP contribution in [-0.4, -0.2) is 42.4 Å². The van der Waals surface area contributed by atoms with Crippen LogP contribution in [0.2, 0.25) is 13.1 Å². The fraction of sp³-hybridized carbons (Fsp3) is 0.923. The Labute approximate surface area is 111 Å². The van der Waals surface area contributed by atoms with Gasteiger partial charge in [-0.05, 0) is 18.3 Å². The minimum absolute atomic E-state index is 0.211. The molecule has 1 aliphatic heterocycles. The second-order valence-corrected chi connectivity index (χ2v) is 10.0. The molecule has 0 aromatic carbocycles. The van der Waals surface area contributed by atoms with Crippen molar-refractivity contribution in [2.45, 2.75) is 64.0 Å². The minimum Gasteiger partial charge on any atom is -0.479 e. The monoisotopic (exact) mass is 274 g/mol. The lowest BCUT2D eigenvalue weighted by Crippen LogP contribution is -2.59. The van der Waals surface area contributed by atoms with Crippen LogP contribution in [0.1, 0.15) is 40.0 Å². The summed E-state index contributed by atoms with van der Waals surface area (Å²) < 4.78 is 5.51. The zero-order chi connectivity index (χ0) is 14.2. The standard InChI is InChI=1S/C13H26O4Si/c1-11(2,3)13(16,18(4)5)9-12(10(14)15)7-6-8-17-12/h16,18H,6-9H2,1-5H3,(H,14,15). The van der Waals surface area contributed by atoms with E-state index in [0.29, 0.717) is 13.0 Å². The Bertz CT molecular complexity index is 315. The van der Waals surface area contributed by atoms with Crippen LogP contribution in [0.25, 0.3) is 0 Å². The van der Waals surface area contributed by atoms with E-state index < -0.39 is 25.6 Å². The van der Waals surface area contributed by atoms with Gasteiger partial charge in [-0.2, -0.15) is 0 Å². The summed E-state index contributed by atoms with van der Waals surface area (Å²) in [4.78, 5) is 11.5. The molecule has 5 heteroatoms. The molecule has 0 spiro atoms. The van der Waals surface area contributed by atoms with Crippen LogP contribution in [0.4, 0.5) is 0 Å². The highest BCUT2D eigenvalue weighted by atomic mass is 28.3. The quantitative estimate of drug-likeness (QED) is 0.767. The third kappa shape index (κ3) is 2.63. The molecule has 1 rings (SSSR count). The SMILES string of the molecule is C[SiH](C)C(O)(CC1(C(=O)O)CCCO1)C(C)(C)C. The summed E-state index contributed by atoms with van der Waals surface area (Å²) in [5.74, 6) is -0.933. The second kappa shape index (κ2) is 4.94. The summed E-state index contributed by atoms with van der Waals surface area (Å²) in [5.41, 5.74) is -1.51. The van der Waals surface area contributed by atoms with Crippen LogP contribution in [0, 0.1) is 5.41 Å². The molecule has 1 aliphatic rings. The molecule has 1 heterocycles. The van der Waals surface area contributed by atoms with Crippen molar-refractivity contribution in [3.63, 3.8) is 0 Å². The van der Waals surface area contributed by atoms with Gasteiger partial charge in [0.2, 0.25) is 0 Å². The number of rotatable bonds is 4. The molecule has 2 atom stereocenters. The number of hydrogen-bond acceptors (Lipinski definition) is 3. The summed E-state index contributed by atoms with van der Waals surface area (Å²) in [5, 5.41) is 19.6. The smallest absolute Gasteiger partial charge is 0.336 e. The van der Waals surface area contributed by atoms with Crippen molar-refractivity contribution in [1.29, 1.82) is 0 Å². The van der Waals surface area contributed by atoms with Crippen molar-refractivity contribution in [1.82, 2.24) is 0 Å². The highest BCUT2D eigenvalue weighted by Crippen LogP contribution is 2.43. The molecule has 0 radical (unpaired) electrons. The van der Waals surface area contributed by atoms with Crippen molar-refractivity contribution in [2.24, 2.45) is 5.41 Å². The van der Waals surface area contributed by atoms with Crippen LogP contribution in [0.3, 0.4) is 0 Å². The zero-order valence-corrected chi connectivity index (χ0v) is 13.3. The molecule has 0 bridgehead atoms. The summed E-state index contributed by atoms with van der Waals surface area (Å²) >= 11 is 0. The fourth-order valence-corrected chi connectivity index (χ4v) is 5.32. The van der Waals surface area contributed by atoms with Crippen LogP contribution in [0.5, 0.6) is 0 Å². The van der Waals surface area contributed by atoms with Gasteiger partial charge in [0.25, 0.3) is 0 Å². The zero-order valence-electron chi connectivity index (χ0n) is 12.1.